The third kappa shape index (κ3) is 4.82. The third-order valence-corrected chi connectivity index (χ3v) is 4.26. The maximum Gasteiger partial charge on any atom is 0.238 e. The zero-order valence-corrected chi connectivity index (χ0v) is 14.0. The van der Waals surface area contributed by atoms with Gasteiger partial charge in [-0.15, -0.1) is 0 Å². The van der Waals surface area contributed by atoms with Crippen molar-refractivity contribution in [2.75, 3.05) is 5.32 Å². The molecule has 0 aliphatic heterocycles. The van der Waals surface area contributed by atoms with Gasteiger partial charge in [0.1, 0.15) is 0 Å². The fourth-order valence-corrected chi connectivity index (χ4v) is 3.16. The molecule has 5 nitrogen and oxygen atoms in total. The number of amides is 1. The van der Waals surface area contributed by atoms with Crippen molar-refractivity contribution in [2.45, 2.75) is 39.5 Å². The average Bonchev–Trinajstić information content (AvgIpc) is 2.25. The Balaban J connectivity index is 2.93. The van der Waals surface area contributed by atoms with Gasteiger partial charge in [-0.3, -0.25) is 4.79 Å². The summed E-state index contributed by atoms with van der Waals surface area (Å²) in [5, 5.41) is 7.87. The van der Waals surface area contributed by atoms with Crippen LogP contribution in [0.3, 0.4) is 0 Å². The van der Waals surface area contributed by atoms with Gasteiger partial charge in [-0.05, 0) is 35.6 Å². The number of carbonyl (C=O) groups is 1. The molecule has 0 spiro atoms. The van der Waals surface area contributed by atoms with Gasteiger partial charge in [-0.25, -0.2) is 13.6 Å². The number of nitrogens with two attached hydrogens (primary N) is 1. The minimum absolute atomic E-state index is 0.0247. The molecule has 0 fully saturated rings. The van der Waals surface area contributed by atoms with Gasteiger partial charge in [0.15, 0.2) is 0 Å². The van der Waals surface area contributed by atoms with Crippen molar-refractivity contribution in [3.63, 3.8) is 0 Å². The fraction of sp³-hybridized carbons (Fsp3) is 0.533. The molecule has 0 heterocycles. The number of nitrogens with one attached hydrogen (secondary N) is 1. The summed E-state index contributed by atoms with van der Waals surface area (Å²) in [5.74, 6) is -0.00929. The van der Waals surface area contributed by atoms with E-state index in [-0.39, 0.29) is 28.1 Å². The molecule has 3 N–H and O–H groups in total. The number of hydrogen-bond donors (Lipinski definition) is 2. The lowest BCUT2D eigenvalue weighted by molar-refractivity contribution is -0.124. The first-order chi connectivity index (χ1) is 9.43. The van der Waals surface area contributed by atoms with E-state index >= 15 is 0 Å². The van der Waals surface area contributed by atoms with Crippen molar-refractivity contribution in [3.8, 4) is 0 Å². The monoisotopic (exact) mass is 312 g/mol. The van der Waals surface area contributed by atoms with Crippen LogP contribution in [0, 0.1) is 17.3 Å². The lowest BCUT2D eigenvalue weighted by Crippen LogP contribution is -2.36. The number of carbonyl (C=O) groups excluding carboxylic acids is 1. The van der Waals surface area contributed by atoms with Gasteiger partial charge < -0.3 is 5.32 Å². The Kier molecular flexibility index (Phi) is 5.17. The van der Waals surface area contributed by atoms with E-state index < -0.39 is 10.0 Å². The first-order valence-corrected chi connectivity index (χ1v) is 8.41. The SMILES string of the molecule is CC(C)C(C(=O)Nc1ccc(S(N)(=O)=O)cc1)C(C)(C)C. The molecular formula is C15H24N2O3S. The predicted molar refractivity (Wildman–Crippen MR) is 84.2 cm³/mol. The van der Waals surface area contributed by atoms with E-state index in [9.17, 15) is 13.2 Å². The summed E-state index contributed by atoms with van der Waals surface area (Å²) < 4.78 is 22.4. The molecule has 0 saturated heterocycles. The molecule has 0 aliphatic carbocycles. The fourth-order valence-electron chi connectivity index (χ4n) is 2.64. The maximum atomic E-state index is 12.4. The summed E-state index contributed by atoms with van der Waals surface area (Å²) in [6.07, 6.45) is 0. The largest absolute Gasteiger partial charge is 0.326 e. The molecular weight excluding hydrogens is 288 g/mol. The molecule has 1 amide bonds. The third-order valence-electron chi connectivity index (χ3n) is 3.33. The van der Waals surface area contributed by atoms with E-state index in [1.54, 1.807) is 0 Å². The first kappa shape index (κ1) is 17.7. The number of benzene rings is 1. The van der Waals surface area contributed by atoms with Gasteiger partial charge in [-0.2, -0.15) is 0 Å². The van der Waals surface area contributed by atoms with Crippen molar-refractivity contribution in [3.05, 3.63) is 24.3 Å². The van der Waals surface area contributed by atoms with Crippen molar-refractivity contribution < 1.29 is 13.2 Å². The summed E-state index contributed by atoms with van der Waals surface area (Å²) in [4.78, 5) is 12.5. The molecule has 1 unspecified atom stereocenters. The second-order valence-corrected chi connectivity index (χ2v) is 8.21. The first-order valence-electron chi connectivity index (χ1n) is 6.86. The Morgan fingerprint density at radius 1 is 1.14 bits per heavy atom. The Hall–Kier alpha value is -1.40. The predicted octanol–water partition coefficient (Wildman–Crippen LogP) is 2.59. The molecule has 21 heavy (non-hydrogen) atoms. The summed E-state index contributed by atoms with van der Waals surface area (Å²) in [6, 6.07) is 5.84. The Morgan fingerprint density at radius 3 is 1.95 bits per heavy atom. The average molecular weight is 312 g/mol. The summed E-state index contributed by atoms with van der Waals surface area (Å²) >= 11 is 0. The molecule has 0 aromatic heterocycles. The van der Waals surface area contributed by atoms with Crippen LogP contribution in [0.25, 0.3) is 0 Å². The van der Waals surface area contributed by atoms with Gasteiger partial charge in [0.2, 0.25) is 15.9 Å². The van der Waals surface area contributed by atoms with E-state index in [1.165, 1.54) is 24.3 Å². The van der Waals surface area contributed by atoms with Crippen molar-refractivity contribution in [1.29, 1.82) is 0 Å². The number of rotatable bonds is 4. The molecule has 1 aromatic rings. The van der Waals surface area contributed by atoms with Gasteiger partial charge >= 0.3 is 0 Å². The van der Waals surface area contributed by atoms with Crippen molar-refractivity contribution in [1.82, 2.24) is 0 Å². The highest BCUT2D eigenvalue weighted by Crippen LogP contribution is 2.33. The minimum atomic E-state index is -3.71. The molecule has 1 rings (SSSR count). The van der Waals surface area contributed by atoms with Crippen molar-refractivity contribution in [2.24, 2.45) is 22.4 Å². The lowest BCUT2D eigenvalue weighted by atomic mass is 9.74. The van der Waals surface area contributed by atoms with Gasteiger partial charge in [0.25, 0.3) is 0 Å². The number of primary sulfonamides is 1. The van der Waals surface area contributed by atoms with Crippen LogP contribution in [0.4, 0.5) is 5.69 Å². The van der Waals surface area contributed by atoms with Crippen LogP contribution in [0.5, 0.6) is 0 Å². The van der Waals surface area contributed by atoms with Crippen LogP contribution in [0.15, 0.2) is 29.2 Å². The van der Waals surface area contributed by atoms with E-state index in [2.05, 4.69) is 5.32 Å². The zero-order chi connectivity index (χ0) is 16.4. The molecule has 0 radical (unpaired) electrons. The topological polar surface area (TPSA) is 89.3 Å². The smallest absolute Gasteiger partial charge is 0.238 e. The molecule has 0 aliphatic rings. The van der Waals surface area contributed by atoms with Crippen LogP contribution >= 0.6 is 0 Å². The van der Waals surface area contributed by atoms with Crippen LogP contribution in [-0.2, 0) is 14.8 Å². The molecule has 0 saturated carbocycles. The highest BCUT2D eigenvalue weighted by molar-refractivity contribution is 7.89. The summed E-state index contributed by atoms with van der Waals surface area (Å²) in [5.41, 5.74) is 0.404. The van der Waals surface area contributed by atoms with E-state index in [1.807, 2.05) is 34.6 Å². The molecule has 0 bridgehead atoms. The van der Waals surface area contributed by atoms with Crippen LogP contribution in [0.2, 0.25) is 0 Å². The Labute approximate surface area is 127 Å². The van der Waals surface area contributed by atoms with Crippen molar-refractivity contribution >= 4 is 21.6 Å². The molecule has 1 aromatic carbocycles. The summed E-state index contributed by atoms with van der Waals surface area (Å²) in [7, 11) is -3.71. The van der Waals surface area contributed by atoms with E-state index in [0.29, 0.717) is 5.69 Å². The highest BCUT2D eigenvalue weighted by atomic mass is 32.2. The number of sulfonamides is 1. The molecule has 118 valence electrons. The standard InChI is InChI=1S/C15H24N2O3S/c1-10(2)13(15(3,4)5)14(18)17-11-6-8-12(9-7-11)21(16,19)20/h6-10,13H,1-5H3,(H,17,18)(H2,16,19,20). The van der Waals surface area contributed by atoms with Crippen LogP contribution < -0.4 is 10.5 Å². The second-order valence-electron chi connectivity index (χ2n) is 6.65. The molecule has 6 heteroatoms. The highest BCUT2D eigenvalue weighted by Gasteiger charge is 2.33. The van der Waals surface area contributed by atoms with Crippen LogP contribution in [-0.4, -0.2) is 14.3 Å². The zero-order valence-electron chi connectivity index (χ0n) is 13.2. The minimum Gasteiger partial charge on any atom is -0.326 e. The summed E-state index contributed by atoms with van der Waals surface area (Å²) in [6.45, 7) is 10.1. The number of hydrogen-bond acceptors (Lipinski definition) is 3. The second kappa shape index (κ2) is 6.15. The van der Waals surface area contributed by atoms with E-state index in [0.717, 1.165) is 0 Å². The van der Waals surface area contributed by atoms with Crippen LogP contribution in [0.1, 0.15) is 34.6 Å². The van der Waals surface area contributed by atoms with Gasteiger partial charge in [0.05, 0.1) is 4.90 Å². The molecule has 1 atom stereocenters. The maximum absolute atomic E-state index is 12.4. The van der Waals surface area contributed by atoms with E-state index in [4.69, 9.17) is 5.14 Å². The number of anilines is 1. The Morgan fingerprint density at radius 2 is 1.62 bits per heavy atom. The quantitative estimate of drug-likeness (QED) is 0.895. The Bertz CT molecular complexity index is 599. The van der Waals surface area contributed by atoms with Gasteiger partial charge in [0, 0.05) is 11.6 Å². The normalized spacial score (nSPS) is 14.0. The lowest BCUT2D eigenvalue weighted by Gasteiger charge is -2.32. The van der Waals surface area contributed by atoms with Gasteiger partial charge in [-0.1, -0.05) is 34.6 Å².